The molecule has 0 spiro atoms. The molecule has 0 N–H and O–H groups in total. The van der Waals surface area contributed by atoms with E-state index >= 15 is 0 Å². The Hall–Kier alpha value is -6.74. The highest BCUT2D eigenvalue weighted by Crippen LogP contribution is 2.49. The van der Waals surface area contributed by atoms with E-state index in [2.05, 4.69) is 217 Å². The van der Waals surface area contributed by atoms with Crippen molar-refractivity contribution in [3.63, 3.8) is 0 Å². The average molecular weight is 706 g/mol. The third-order valence-corrected chi connectivity index (χ3v) is 11.8. The Labute approximate surface area is 319 Å². The van der Waals surface area contributed by atoms with Gasteiger partial charge in [-0.15, -0.1) is 11.3 Å². The number of thiophene rings is 1. The minimum atomic E-state index is 1.11. The van der Waals surface area contributed by atoms with Crippen LogP contribution in [0.15, 0.2) is 212 Å². The molecule has 0 aliphatic carbocycles. The van der Waals surface area contributed by atoms with E-state index in [0.29, 0.717) is 0 Å². The number of fused-ring (bicyclic) bond motifs is 5. The number of para-hydroxylation sites is 1. The van der Waals surface area contributed by atoms with Crippen LogP contribution in [-0.4, -0.2) is 0 Å². The lowest BCUT2D eigenvalue weighted by atomic mass is 9.95. The fourth-order valence-corrected chi connectivity index (χ4v) is 9.19. The monoisotopic (exact) mass is 705 g/mol. The number of benzene rings is 9. The minimum Gasteiger partial charge on any atom is -0.308 e. The number of anilines is 3. The van der Waals surface area contributed by atoms with E-state index in [1.807, 2.05) is 11.3 Å². The van der Waals surface area contributed by atoms with Crippen LogP contribution in [-0.2, 0) is 0 Å². The Morgan fingerprint density at radius 1 is 0.278 bits per heavy atom. The van der Waals surface area contributed by atoms with E-state index in [9.17, 15) is 0 Å². The zero-order valence-electron chi connectivity index (χ0n) is 29.6. The summed E-state index contributed by atoms with van der Waals surface area (Å²) in [6.07, 6.45) is 0. The molecule has 0 atom stereocenters. The Bertz CT molecular complexity index is 2890. The zero-order valence-corrected chi connectivity index (χ0v) is 30.4. The summed E-state index contributed by atoms with van der Waals surface area (Å²) in [4.78, 5) is 2.46. The van der Waals surface area contributed by atoms with E-state index in [1.54, 1.807) is 0 Å². The highest BCUT2D eigenvalue weighted by Gasteiger charge is 2.22. The van der Waals surface area contributed by atoms with Gasteiger partial charge in [-0.3, -0.25) is 0 Å². The topological polar surface area (TPSA) is 3.24 Å². The van der Waals surface area contributed by atoms with Crippen LogP contribution in [0.1, 0.15) is 0 Å². The molecule has 0 saturated carbocycles. The minimum absolute atomic E-state index is 1.11. The van der Waals surface area contributed by atoms with Gasteiger partial charge in [-0.05, 0) is 74.7 Å². The maximum atomic E-state index is 2.46. The van der Waals surface area contributed by atoms with E-state index in [0.717, 1.165) is 11.4 Å². The van der Waals surface area contributed by atoms with E-state index in [4.69, 9.17) is 0 Å². The van der Waals surface area contributed by atoms with Crippen LogP contribution < -0.4 is 4.90 Å². The molecule has 0 aliphatic rings. The van der Waals surface area contributed by atoms with Gasteiger partial charge in [-0.1, -0.05) is 182 Å². The second-order valence-corrected chi connectivity index (χ2v) is 14.7. The molecule has 1 aromatic heterocycles. The molecule has 0 amide bonds. The van der Waals surface area contributed by atoms with Crippen LogP contribution in [0.5, 0.6) is 0 Å². The van der Waals surface area contributed by atoms with Crippen molar-refractivity contribution in [2.75, 3.05) is 4.90 Å². The quantitative estimate of drug-likeness (QED) is 0.160. The Morgan fingerprint density at radius 2 is 0.722 bits per heavy atom. The molecule has 10 rings (SSSR count). The second kappa shape index (κ2) is 13.7. The van der Waals surface area contributed by atoms with Crippen LogP contribution >= 0.6 is 11.3 Å². The molecule has 9 aromatic carbocycles. The predicted octanol–water partition coefficient (Wildman–Crippen LogP) is 15.3. The van der Waals surface area contributed by atoms with Crippen molar-refractivity contribution >= 4 is 59.3 Å². The summed E-state index contributed by atoms with van der Waals surface area (Å²) in [5.41, 5.74) is 13.1. The lowest BCUT2D eigenvalue weighted by Gasteiger charge is -2.28. The van der Waals surface area contributed by atoms with E-state index in [1.165, 1.54) is 81.1 Å². The first-order valence-corrected chi connectivity index (χ1v) is 19.2. The average Bonchev–Trinajstić information content (AvgIpc) is 3.65. The molecule has 10 aromatic rings. The molecule has 0 aliphatic heterocycles. The summed E-state index contributed by atoms with van der Waals surface area (Å²) >= 11 is 1.90. The standard InChI is InChI=1S/C52H35NS/c1-4-15-36(16-5-1)37-27-29-38(30-28-37)39-31-33-42(34-32-39)53(49-25-13-12-21-43(49)40-17-6-2-7-18-40)50-26-14-24-46-48-35-47(41-19-8-3-9-20-41)44-22-10-11-23-45(44)51(48)54-52(46)50/h1-35H. The van der Waals surface area contributed by atoms with Crippen molar-refractivity contribution in [1.29, 1.82) is 0 Å². The Balaban J connectivity index is 1.16. The van der Waals surface area contributed by atoms with E-state index in [-0.39, 0.29) is 0 Å². The molecule has 0 saturated heterocycles. The van der Waals surface area contributed by atoms with Gasteiger partial charge in [0.05, 0.1) is 16.1 Å². The maximum Gasteiger partial charge on any atom is 0.0640 e. The van der Waals surface area contributed by atoms with Gasteiger partial charge in [0.2, 0.25) is 0 Å². The van der Waals surface area contributed by atoms with Gasteiger partial charge in [0.15, 0.2) is 0 Å². The molecular formula is C52H35NS. The first-order chi connectivity index (χ1) is 26.8. The van der Waals surface area contributed by atoms with Crippen LogP contribution in [0.2, 0.25) is 0 Å². The van der Waals surface area contributed by atoms with Crippen LogP contribution in [0, 0.1) is 0 Å². The summed E-state index contributed by atoms with van der Waals surface area (Å²) in [5.74, 6) is 0. The van der Waals surface area contributed by atoms with Crippen molar-refractivity contribution in [2.24, 2.45) is 0 Å². The van der Waals surface area contributed by atoms with Crippen LogP contribution in [0.3, 0.4) is 0 Å². The molecule has 0 fully saturated rings. The molecule has 0 bridgehead atoms. The summed E-state index contributed by atoms with van der Waals surface area (Å²) < 4.78 is 2.59. The summed E-state index contributed by atoms with van der Waals surface area (Å²) in [6, 6.07) is 76.9. The van der Waals surface area contributed by atoms with Gasteiger partial charge < -0.3 is 4.90 Å². The molecule has 0 unspecified atom stereocenters. The first-order valence-electron chi connectivity index (χ1n) is 18.4. The van der Waals surface area contributed by atoms with Crippen molar-refractivity contribution in [2.45, 2.75) is 0 Å². The van der Waals surface area contributed by atoms with Crippen LogP contribution in [0.25, 0.3) is 75.5 Å². The van der Waals surface area contributed by atoms with Gasteiger partial charge in [0.25, 0.3) is 0 Å². The first kappa shape index (κ1) is 32.0. The van der Waals surface area contributed by atoms with Crippen molar-refractivity contribution < 1.29 is 0 Å². The highest BCUT2D eigenvalue weighted by atomic mass is 32.1. The number of hydrogen-bond acceptors (Lipinski definition) is 2. The third kappa shape index (κ3) is 5.65. The SMILES string of the molecule is c1ccc(-c2ccc(-c3ccc(N(c4ccccc4-c4ccccc4)c4cccc5c4sc4c6ccccc6c(-c6ccccc6)cc54)cc3)cc2)cc1. The largest absolute Gasteiger partial charge is 0.308 e. The third-order valence-electron chi connectivity index (χ3n) is 10.5. The van der Waals surface area contributed by atoms with Crippen molar-refractivity contribution in [3.8, 4) is 44.5 Å². The summed E-state index contributed by atoms with van der Waals surface area (Å²) in [5, 5.41) is 5.13. The van der Waals surface area contributed by atoms with Gasteiger partial charge in [-0.2, -0.15) is 0 Å². The van der Waals surface area contributed by atoms with Gasteiger partial charge >= 0.3 is 0 Å². The predicted molar refractivity (Wildman–Crippen MR) is 233 cm³/mol. The van der Waals surface area contributed by atoms with Crippen molar-refractivity contribution in [1.82, 2.24) is 0 Å². The van der Waals surface area contributed by atoms with Gasteiger partial charge in [0.1, 0.15) is 0 Å². The molecule has 0 radical (unpaired) electrons. The number of nitrogens with zero attached hydrogens (tertiary/aromatic N) is 1. The normalized spacial score (nSPS) is 11.3. The Kier molecular flexibility index (Phi) is 8.09. The van der Waals surface area contributed by atoms with Crippen LogP contribution in [0.4, 0.5) is 17.1 Å². The molecule has 54 heavy (non-hydrogen) atoms. The smallest absolute Gasteiger partial charge is 0.0640 e. The lowest BCUT2D eigenvalue weighted by molar-refractivity contribution is 1.30. The van der Waals surface area contributed by atoms with Gasteiger partial charge in [0, 0.05) is 32.1 Å². The molecule has 2 heteroatoms. The zero-order chi connectivity index (χ0) is 35.8. The Morgan fingerprint density at radius 3 is 1.37 bits per heavy atom. The summed E-state index contributed by atoms with van der Waals surface area (Å²) in [6.45, 7) is 0. The fourth-order valence-electron chi connectivity index (χ4n) is 7.86. The molecular weight excluding hydrogens is 671 g/mol. The number of hydrogen-bond donors (Lipinski definition) is 0. The molecule has 1 heterocycles. The maximum absolute atomic E-state index is 2.46. The molecule has 254 valence electrons. The second-order valence-electron chi connectivity index (χ2n) is 13.7. The summed E-state index contributed by atoms with van der Waals surface area (Å²) in [7, 11) is 0. The lowest BCUT2D eigenvalue weighted by Crippen LogP contribution is -2.11. The number of rotatable bonds is 7. The van der Waals surface area contributed by atoms with Crippen molar-refractivity contribution in [3.05, 3.63) is 212 Å². The van der Waals surface area contributed by atoms with E-state index < -0.39 is 0 Å². The fraction of sp³-hybridized carbons (Fsp3) is 0. The highest BCUT2D eigenvalue weighted by molar-refractivity contribution is 7.27. The van der Waals surface area contributed by atoms with Gasteiger partial charge in [-0.25, -0.2) is 0 Å². The molecule has 1 nitrogen and oxygen atoms in total.